The Morgan fingerprint density at radius 1 is 1.25 bits per heavy atom. The average molecular weight is 334 g/mol. The number of carbonyl (C=O) groups excluding carboxylic acids is 2. The molecule has 0 aliphatic carbocycles. The molecule has 1 saturated heterocycles. The fourth-order valence-electron chi connectivity index (χ4n) is 2.45. The van der Waals surface area contributed by atoms with Crippen molar-refractivity contribution in [3.05, 3.63) is 33.9 Å². The number of hydrogen-bond donors (Lipinski definition) is 0. The Bertz CT molecular complexity index is 657. The summed E-state index contributed by atoms with van der Waals surface area (Å²) in [5.41, 5.74) is -0.133. The summed E-state index contributed by atoms with van der Waals surface area (Å²) >= 11 is 0. The normalized spacial score (nSPS) is 14.5. The second-order valence-electron chi connectivity index (χ2n) is 6.90. The van der Waals surface area contributed by atoms with Gasteiger partial charge in [0.2, 0.25) is 0 Å². The Hall–Kier alpha value is -2.44. The van der Waals surface area contributed by atoms with E-state index in [1.807, 2.05) is 4.90 Å². The topological polar surface area (TPSA) is 89.8 Å². The number of carbonyl (C=O) groups is 2. The fraction of sp³-hybridized carbons (Fsp3) is 0.529. The highest BCUT2D eigenvalue weighted by atomic mass is 16.6. The van der Waals surface area contributed by atoms with Gasteiger partial charge in [0.25, 0.3) is 5.69 Å². The number of anilines is 1. The highest BCUT2D eigenvalue weighted by molar-refractivity contribution is 5.94. The van der Waals surface area contributed by atoms with Gasteiger partial charge in [-0.15, -0.1) is 0 Å². The van der Waals surface area contributed by atoms with Crippen LogP contribution in [-0.4, -0.2) is 36.4 Å². The molecule has 0 unspecified atom stereocenters. The number of esters is 1. The Kier molecular flexibility index (Phi) is 5.21. The minimum atomic E-state index is -0.733. The molecule has 2 rings (SSSR count). The van der Waals surface area contributed by atoms with Crippen LogP contribution in [0.3, 0.4) is 0 Å². The molecule has 0 N–H and O–H groups in total. The molecule has 1 heterocycles. The first-order valence-electron chi connectivity index (χ1n) is 7.94. The SMILES string of the molecule is CC(C)(C)C(=O)COC(=O)c1ccc(N2CCCC2)c([N+](=O)[O-])c1. The van der Waals surface area contributed by atoms with Crippen LogP contribution in [0, 0.1) is 15.5 Å². The van der Waals surface area contributed by atoms with Crippen LogP contribution in [0.15, 0.2) is 18.2 Å². The largest absolute Gasteiger partial charge is 0.454 e. The first-order valence-corrected chi connectivity index (χ1v) is 7.94. The van der Waals surface area contributed by atoms with E-state index in [1.165, 1.54) is 12.1 Å². The summed E-state index contributed by atoms with van der Waals surface area (Å²) in [6.07, 6.45) is 1.99. The number of ether oxygens (including phenoxy) is 1. The summed E-state index contributed by atoms with van der Waals surface area (Å²) in [5, 5.41) is 11.3. The van der Waals surface area contributed by atoms with E-state index < -0.39 is 16.3 Å². The number of Topliss-reactive ketones (excluding diaryl/α,β-unsaturated/α-hetero) is 1. The van der Waals surface area contributed by atoms with Crippen LogP contribution >= 0.6 is 0 Å². The van der Waals surface area contributed by atoms with Gasteiger partial charge in [0.1, 0.15) is 5.69 Å². The van der Waals surface area contributed by atoms with Crippen molar-refractivity contribution in [2.45, 2.75) is 33.6 Å². The summed E-state index contributed by atoms with van der Waals surface area (Å²) in [5.74, 6) is -0.942. The molecule has 0 spiro atoms. The third kappa shape index (κ3) is 4.10. The van der Waals surface area contributed by atoms with Crippen LogP contribution in [0.2, 0.25) is 0 Å². The molecule has 24 heavy (non-hydrogen) atoms. The average Bonchev–Trinajstić information content (AvgIpc) is 3.04. The van der Waals surface area contributed by atoms with Crippen LogP contribution < -0.4 is 4.90 Å². The van der Waals surface area contributed by atoms with E-state index in [1.54, 1.807) is 26.8 Å². The van der Waals surface area contributed by atoms with E-state index in [0.717, 1.165) is 25.9 Å². The highest BCUT2D eigenvalue weighted by Crippen LogP contribution is 2.31. The first-order chi connectivity index (χ1) is 11.2. The van der Waals surface area contributed by atoms with Gasteiger partial charge >= 0.3 is 5.97 Å². The third-order valence-electron chi connectivity index (χ3n) is 4.03. The van der Waals surface area contributed by atoms with Gasteiger partial charge in [-0.1, -0.05) is 20.8 Å². The Balaban J connectivity index is 2.16. The Morgan fingerprint density at radius 3 is 2.42 bits per heavy atom. The van der Waals surface area contributed by atoms with Gasteiger partial charge in [0.05, 0.1) is 10.5 Å². The van der Waals surface area contributed by atoms with Gasteiger partial charge in [-0.3, -0.25) is 14.9 Å². The second kappa shape index (κ2) is 6.98. The zero-order chi connectivity index (χ0) is 17.9. The lowest BCUT2D eigenvalue weighted by molar-refractivity contribution is -0.384. The molecule has 130 valence electrons. The molecule has 1 aromatic carbocycles. The summed E-state index contributed by atoms with van der Waals surface area (Å²) < 4.78 is 4.99. The number of ketones is 1. The lowest BCUT2D eigenvalue weighted by Gasteiger charge is -2.18. The zero-order valence-corrected chi connectivity index (χ0v) is 14.2. The maximum absolute atomic E-state index is 12.1. The third-order valence-corrected chi connectivity index (χ3v) is 4.03. The molecule has 0 aromatic heterocycles. The lowest BCUT2D eigenvalue weighted by atomic mass is 9.91. The standard InChI is InChI=1S/C17H22N2O5/c1-17(2,3)15(20)11-24-16(21)12-6-7-13(14(10-12)19(22)23)18-8-4-5-9-18/h6-7,10H,4-5,8-9,11H2,1-3H3. The van der Waals surface area contributed by atoms with Crippen LogP contribution in [0.1, 0.15) is 44.0 Å². The minimum Gasteiger partial charge on any atom is -0.454 e. The summed E-state index contributed by atoms with van der Waals surface area (Å²) in [7, 11) is 0. The van der Waals surface area contributed by atoms with E-state index in [4.69, 9.17) is 4.74 Å². The molecule has 0 bridgehead atoms. The summed E-state index contributed by atoms with van der Waals surface area (Å²) in [6.45, 7) is 6.40. The molecule has 1 fully saturated rings. The molecular weight excluding hydrogens is 312 g/mol. The molecule has 1 aliphatic heterocycles. The second-order valence-corrected chi connectivity index (χ2v) is 6.90. The van der Waals surface area contributed by atoms with Gasteiger partial charge in [-0.05, 0) is 25.0 Å². The van der Waals surface area contributed by atoms with E-state index in [0.29, 0.717) is 5.69 Å². The van der Waals surface area contributed by atoms with Crippen LogP contribution in [0.25, 0.3) is 0 Å². The molecule has 0 saturated carbocycles. The maximum atomic E-state index is 12.1. The van der Waals surface area contributed by atoms with Crippen molar-refractivity contribution in [2.24, 2.45) is 5.41 Å². The Morgan fingerprint density at radius 2 is 1.88 bits per heavy atom. The smallest absolute Gasteiger partial charge is 0.338 e. The Labute approximate surface area is 140 Å². The lowest BCUT2D eigenvalue weighted by Crippen LogP contribution is -2.26. The molecule has 0 atom stereocenters. The van der Waals surface area contributed by atoms with Crippen molar-refractivity contribution >= 4 is 23.1 Å². The molecule has 7 nitrogen and oxygen atoms in total. The number of rotatable bonds is 5. The van der Waals surface area contributed by atoms with Gasteiger partial charge in [-0.2, -0.15) is 0 Å². The number of nitro groups is 1. The van der Waals surface area contributed by atoms with Gasteiger partial charge in [0.15, 0.2) is 12.4 Å². The molecule has 1 aliphatic rings. The van der Waals surface area contributed by atoms with Gasteiger partial charge in [0, 0.05) is 24.6 Å². The van der Waals surface area contributed by atoms with Crippen molar-refractivity contribution in [1.82, 2.24) is 0 Å². The van der Waals surface area contributed by atoms with Crippen molar-refractivity contribution in [3.63, 3.8) is 0 Å². The minimum absolute atomic E-state index is 0.0753. The predicted molar refractivity (Wildman–Crippen MR) is 89.3 cm³/mol. The molecule has 1 aromatic rings. The summed E-state index contributed by atoms with van der Waals surface area (Å²) in [4.78, 5) is 36.7. The predicted octanol–water partition coefficient (Wildman–Crippen LogP) is 2.97. The number of nitrogens with zero attached hydrogens (tertiary/aromatic N) is 2. The van der Waals surface area contributed by atoms with Crippen molar-refractivity contribution < 1.29 is 19.2 Å². The van der Waals surface area contributed by atoms with Gasteiger partial charge in [-0.25, -0.2) is 4.79 Å². The van der Waals surface area contributed by atoms with Gasteiger partial charge < -0.3 is 9.64 Å². The number of nitro benzene ring substituents is 1. The number of hydrogen-bond acceptors (Lipinski definition) is 6. The monoisotopic (exact) mass is 334 g/mol. The number of benzene rings is 1. The first kappa shape index (κ1) is 17.9. The summed E-state index contributed by atoms with van der Waals surface area (Å²) in [6, 6.07) is 4.30. The highest BCUT2D eigenvalue weighted by Gasteiger charge is 2.26. The molecule has 0 amide bonds. The van der Waals surface area contributed by atoms with Crippen LogP contribution in [0.5, 0.6) is 0 Å². The molecule has 0 radical (unpaired) electrons. The maximum Gasteiger partial charge on any atom is 0.338 e. The van der Waals surface area contributed by atoms with E-state index in [2.05, 4.69) is 0 Å². The van der Waals surface area contributed by atoms with Crippen LogP contribution in [0.4, 0.5) is 11.4 Å². The van der Waals surface area contributed by atoms with Crippen molar-refractivity contribution in [3.8, 4) is 0 Å². The molecule has 7 heteroatoms. The van der Waals surface area contributed by atoms with Crippen LogP contribution in [-0.2, 0) is 9.53 Å². The quantitative estimate of drug-likeness (QED) is 0.467. The van der Waals surface area contributed by atoms with Crippen molar-refractivity contribution in [1.29, 1.82) is 0 Å². The van der Waals surface area contributed by atoms with E-state index in [9.17, 15) is 19.7 Å². The van der Waals surface area contributed by atoms with E-state index >= 15 is 0 Å². The fourth-order valence-corrected chi connectivity index (χ4v) is 2.45. The van der Waals surface area contributed by atoms with E-state index in [-0.39, 0.29) is 23.6 Å². The zero-order valence-electron chi connectivity index (χ0n) is 14.2. The van der Waals surface area contributed by atoms with Crippen molar-refractivity contribution in [2.75, 3.05) is 24.6 Å². The molecular formula is C17H22N2O5.